The molecule has 13 N–H and O–H groups in total. The fraction of sp³-hybridized carbons (Fsp3) is 0.324. The molecule has 1 heterocycles. The molecule has 2 aliphatic rings. The van der Waals surface area contributed by atoms with Gasteiger partial charge in [0.25, 0.3) is 5.91 Å². The van der Waals surface area contributed by atoms with Crippen molar-refractivity contribution in [1.82, 2.24) is 15.1 Å². The molecular weight excluding hydrogens is 868 g/mol. The Hall–Kier alpha value is -5.64. The molecule has 5 amide bonds. The van der Waals surface area contributed by atoms with Crippen LogP contribution in [-0.2, 0) is 41.4 Å². The van der Waals surface area contributed by atoms with Crippen molar-refractivity contribution in [2.75, 3.05) is 39.3 Å². The second-order valence-corrected chi connectivity index (χ2v) is 15.9. The topological polar surface area (TPSA) is 362 Å². The van der Waals surface area contributed by atoms with Crippen LogP contribution in [0.3, 0.4) is 0 Å². The summed E-state index contributed by atoms with van der Waals surface area (Å²) in [5.74, 6) is -6.58. The van der Waals surface area contributed by atoms with E-state index in [9.17, 15) is 48.3 Å². The Morgan fingerprint density at radius 1 is 0.770 bits per heavy atom. The van der Waals surface area contributed by atoms with Gasteiger partial charge in [0.2, 0.25) is 29.1 Å². The molecule has 2 aromatic rings. The van der Waals surface area contributed by atoms with Gasteiger partial charge >= 0.3 is 13.8 Å². The molecule has 0 fully saturated rings. The first-order valence-electron chi connectivity index (χ1n) is 18.1. The molecule has 0 bridgehead atoms. The number of primary amides is 4. The maximum Gasteiger partial charge on any atom is 0.469 e. The molecule has 2 aromatic carbocycles. The standard InChI is InChI=1S/C37H42Cl2N7O14P/c38-25-10-21-31(19-6-5-18(9-20(19)37(54)55)36(53)44-7-3-1-2-4-8-59-61(56,57)58)22-11-26(39)33(52)24(13-46(16-29(42)49)17-30(43)50)35(22)60-34(21)23(32(25)51)12-45(14-27(40)47)15-28(41)48/h5-6,9-11,51H,1-4,7-8,12-17H2,(H2,40,47)(H2,41,48)(H2,42,49)(H2,43,50)(H,44,53)(H,54,55)(H2,56,57,58). The van der Waals surface area contributed by atoms with Crippen molar-refractivity contribution in [1.29, 1.82) is 0 Å². The monoisotopic (exact) mass is 909 g/mol. The lowest BCUT2D eigenvalue weighted by Crippen LogP contribution is -2.40. The number of halogens is 2. The molecule has 0 aromatic heterocycles. The maximum absolute atomic E-state index is 13.8. The van der Waals surface area contributed by atoms with Crippen LogP contribution in [0, 0.1) is 0 Å². The number of phenolic OH excluding ortho intramolecular Hbond substituents is 1. The summed E-state index contributed by atoms with van der Waals surface area (Å²) in [7, 11) is -4.57. The van der Waals surface area contributed by atoms with E-state index in [-0.39, 0.29) is 68.3 Å². The van der Waals surface area contributed by atoms with E-state index in [1.807, 2.05) is 0 Å². The fourth-order valence-electron chi connectivity index (χ4n) is 6.59. The summed E-state index contributed by atoms with van der Waals surface area (Å²) < 4.78 is 21.6. The van der Waals surface area contributed by atoms with E-state index in [1.54, 1.807) is 0 Å². The maximum atomic E-state index is 13.8. The van der Waals surface area contributed by atoms with Crippen molar-refractivity contribution in [3.05, 3.63) is 72.9 Å². The van der Waals surface area contributed by atoms with Crippen LogP contribution in [0.5, 0.6) is 5.75 Å². The van der Waals surface area contributed by atoms with Gasteiger partial charge < -0.3 is 52.7 Å². The Bertz CT molecular complexity index is 2430. The molecule has 21 nitrogen and oxygen atoms in total. The van der Waals surface area contributed by atoms with Crippen molar-refractivity contribution in [2.24, 2.45) is 22.9 Å². The van der Waals surface area contributed by atoms with E-state index >= 15 is 0 Å². The zero-order valence-corrected chi connectivity index (χ0v) is 34.6. The van der Waals surface area contributed by atoms with Crippen LogP contribution in [0.25, 0.3) is 33.4 Å². The lowest BCUT2D eigenvalue weighted by Gasteiger charge is -2.25. The zero-order valence-electron chi connectivity index (χ0n) is 32.2. The van der Waals surface area contributed by atoms with E-state index in [1.165, 1.54) is 24.3 Å². The SMILES string of the molecule is NC(=O)CN(CC(N)=O)Cc1c2oc3c(CN(CC(N)=O)CC(N)=O)c(O)c(Cl)cc3c(-c3ccc(C(=O)NCCCCCCOP(=O)(O)O)cc3C(=O)O)c-2cc(Cl)c1=O. The molecule has 0 saturated carbocycles. The van der Waals surface area contributed by atoms with Gasteiger partial charge in [-0.05, 0) is 42.7 Å². The van der Waals surface area contributed by atoms with Crippen molar-refractivity contribution < 1.29 is 62.3 Å². The molecule has 328 valence electrons. The smallest absolute Gasteiger partial charge is 0.469 e. The second-order valence-electron chi connectivity index (χ2n) is 13.8. The van der Waals surface area contributed by atoms with Gasteiger partial charge in [-0.1, -0.05) is 42.1 Å². The number of rotatable bonds is 23. The van der Waals surface area contributed by atoms with Crippen LogP contribution in [-0.4, -0.2) is 105 Å². The van der Waals surface area contributed by atoms with E-state index in [0.29, 0.717) is 25.7 Å². The zero-order chi connectivity index (χ0) is 45.3. The van der Waals surface area contributed by atoms with Crippen molar-refractivity contribution in [2.45, 2.75) is 38.8 Å². The van der Waals surface area contributed by atoms with Gasteiger partial charge in [-0.2, -0.15) is 0 Å². The molecule has 4 rings (SSSR count). The second kappa shape index (κ2) is 20.8. The van der Waals surface area contributed by atoms with Crippen LogP contribution in [0.1, 0.15) is 57.5 Å². The summed E-state index contributed by atoms with van der Waals surface area (Å²) in [6, 6.07) is 6.16. The minimum absolute atomic E-state index is 0.00217. The number of amides is 5. The molecule has 0 atom stereocenters. The number of phosphoric acid groups is 1. The number of carbonyl (C=O) groups is 6. The number of phosphoric ester groups is 1. The highest BCUT2D eigenvalue weighted by Crippen LogP contribution is 2.48. The first-order valence-corrected chi connectivity index (χ1v) is 20.4. The normalized spacial score (nSPS) is 11.7. The third-order valence-electron chi connectivity index (χ3n) is 9.00. The highest BCUT2D eigenvalue weighted by molar-refractivity contribution is 7.46. The van der Waals surface area contributed by atoms with Gasteiger partial charge in [0.05, 0.1) is 59.5 Å². The molecule has 24 heteroatoms. The van der Waals surface area contributed by atoms with Gasteiger partial charge in [-0.25, -0.2) is 9.36 Å². The average Bonchev–Trinajstić information content (AvgIpc) is 3.14. The number of carboxylic acid groups (broad SMARTS) is 1. The Labute approximate surface area is 356 Å². The van der Waals surface area contributed by atoms with Crippen LogP contribution in [0.2, 0.25) is 10.0 Å². The number of unbranched alkanes of at least 4 members (excludes halogenated alkanes) is 3. The van der Waals surface area contributed by atoms with Crippen molar-refractivity contribution in [3.8, 4) is 28.2 Å². The molecular formula is C37H42Cl2N7O14P. The number of fused-ring (bicyclic) bond motifs is 2. The van der Waals surface area contributed by atoms with E-state index in [2.05, 4.69) is 9.84 Å². The lowest BCUT2D eigenvalue weighted by molar-refractivity contribution is -0.123. The predicted molar refractivity (Wildman–Crippen MR) is 219 cm³/mol. The predicted octanol–water partition coefficient (Wildman–Crippen LogP) is 1.22. The molecule has 0 saturated heterocycles. The van der Waals surface area contributed by atoms with E-state index < -0.39 is 104 Å². The van der Waals surface area contributed by atoms with Gasteiger partial charge in [0, 0.05) is 41.7 Å². The molecule has 1 aliphatic heterocycles. The Kier molecular flexibility index (Phi) is 16.3. The van der Waals surface area contributed by atoms with Gasteiger partial charge in [-0.15, -0.1) is 0 Å². The number of hydrogen-bond donors (Lipinski definition) is 9. The van der Waals surface area contributed by atoms with Crippen molar-refractivity contribution in [3.63, 3.8) is 0 Å². The molecule has 1 aliphatic carbocycles. The molecule has 0 spiro atoms. The van der Waals surface area contributed by atoms with Crippen LogP contribution < -0.4 is 33.7 Å². The number of aromatic carboxylic acids is 1. The molecule has 0 unspecified atom stereocenters. The summed E-state index contributed by atoms with van der Waals surface area (Å²) in [4.78, 5) is 108. The highest BCUT2D eigenvalue weighted by atomic mass is 35.5. The number of carboxylic acids is 1. The van der Waals surface area contributed by atoms with Crippen LogP contribution >= 0.6 is 31.0 Å². The Morgan fingerprint density at radius 3 is 1.87 bits per heavy atom. The van der Waals surface area contributed by atoms with Crippen molar-refractivity contribution >= 4 is 77.5 Å². The largest absolute Gasteiger partial charge is 0.506 e. The summed E-state index contributed by atoms with van der Waals surface area (Å²) >= 11 is 13.1. The average molecular weight is 911 g/mol. The van der Waals surface area contributed by atoms with Crippen LogP contribution in [0.4, 0.5) is 0 Å². The third kappa shape index (κ3) is 12.9. The number of nitrogens with one attached hydrogen (secondary N) is 1. The fourth-order valence-corrected chi connectivity index (χ4v) is 7.40. The summed E-state index contributed by atoms with van der Waals surface area (Å²) in [6.45, 7) is -3.18. The number of phenols is 1. The Balaban J connectivity index is 1.95. The third-order valence-corrected chi connectivity index (χ3v) is 10.1. The Morgan fingerprint density at radius 2 is 1.33 bits per heavy atom. The number of aromatic hydroxyl groups is 1. The summed E-state index contributed by atoms with van der Waals surface area (Å²) in [5.41, 5.74) is 19.6. The molecule has 0 radical (unpaired) electrons. The minimum atomic E-state index is -4.57. The summed E-state index contributed by atoms with van der Waals surface area (Å²) in [6.07, 6.45) is 1.96. The van der Waals surface area contributed by atoms with E-state index in [4.69, 9.17) is 60.3 Å². The number of benzene rings is 3. The van der Waals surface area contributed by atoms with Gasteiger partial charge in [-0.3, -0.25) is 43.1 Å². The number of carbonyl (C=O) groups excluding carboxylic acids is 5. The van der Waals surface area contributed by atoms with Gasteiger partial charge in [0.15, 0.2) is 0 Å². The van der Waals surface area contributed by atoms with Gasteiger partial charge in [0.1, 0.15) is 17.1 Å². The first kappa shape index (κ1) is 48.0. The summed E-state index contributed by atoms with van der Waals surface area (Å²) in [5, 5.41) is 23.9. The van der Waals surface area contributed by atoms with E-state index in [0.717, 1.165) is 15.9 Å². The highest BCUT2D eigenvalue weighted by Gasteiger charge is 2.31. The molecule has 61 heavy (non-hydrogen) atoms. The number of nitrogens with zero attached hydrogens (tertiary/aromatic N) is 2. The lowest BCUT2D eigenvalue weighted by atomic mass is 9.87. The first-order chi connectivity index (χ1) is 28.6. The number of nitrogens with two attached hydrogens (primary N) is 4. The number of hydrogen-bond acceptors (Lipinski definition) is 13. The van der Waals surface area contributed by atoms with Crippen LogP contribution in [0.15, 0.2) is 39.5 Å². The minimum Gasteiger partial charge on any atom is -0.506 e. The quantitative estimate of drug-likeness (QED) is 0.0287.